The number of hydrogen-bond donors (Lipinski definition) is 2. The van der Waals surface area contributed by atoms with Crippen molar-refractivity contribution in [2.45, 2.75) is 6.04 Å². The summed E-state index contributed by atoms with van der Waals surface area (Å²) in [6.45, 7) is 0. The lowest BCUT2D eigenvalue weighted by molar-refractivity contribution is -0.139. The Kier molecular flexibility index (Phi) is 2.62. The molecular formula is C7H9NO2S. The highest BCUT2D eigenvalue weighted by Gasteiger charge is 2.17. The molecule has 0 amide bonds. The molecule has 0 unspecified atom stereocenters. The summed E-state index contributed by atoms with van der Waals surface area (Å²) in [6, 6.07) is 3.09. The molecule has 0 fully saturated rings. The van der Waals surface area contributed by atoms with Gasteiger partial charge >= 0.3 is 5.97 Å². The van der Waals surface area contributed by atoms with Gasteiger partial charge in [-0.15, -0.1) is 11.3 Å². The Balaban J connectivity index is 2.79. The van der Waals surface area contributed by atoms with Crippen molar-refractivity contribution in [2.75, 3.05) is 7.05 Å². The van der Waals surface area contributed by atoms with E-state index in [1.807, 2.05) is 11.4 Å². The number of carboxylic acids is 1. The predicted octanol–water partition coefficient (Wildman–Crippen LogP) is 1.09. The second-order valence-corrected chi connectivity index (χ2v) is 3.05. The molecule has 0 aliphatic rings. The summed E-state index contributed by atoms with van der Waals surface area (Å²) in [6.07, 6.45) is 0. The largest absolute Gasteiger partial charge is 0.480 e. The molecule has 60 valence electrons. The van der Waals surface area contributed by atoms with Gasteiger partial charge in [0.15, 0.2) is 0 Å². The minimum atomic E-state index is -0.838. The van der Waals surface area contributed by atoms with E-state index < -0.39 is 12.0 Å². The summed E-state index contributed by atoms with van der Waals surface area (Å²) in [5.41, 5.74) is 0. The molecule has 1 rings (SSSR count). The lowest BCUT2D eigenvalue weighted by Crippen LogP contribution is -2.23. The van der Waals surface area contributed by atoms with Gasteiger partial charge in [0, 0.05) is 4.88 Å². The number of carbonyl (C=O) groups is 1. The van der Waals surface area contributed by atoms with Gasteiger partial charge < -0.3 is 10.4 Å². The number of carboxylic acid groups (broad SMARTS) is 1. The fourth-order valence-corrected chi connectivity index (χ4v) is 1.67. The summed E-state index contributed by atoms with van der Waals surface area (Å²) < 4.78 is 0. The van der Waals surface area contributed by atoms with Crippen molar-refractivity contribution in [3.8, 4) is 0 Å². The Morgan fingerprint density at radius 1 is 1.82 bits per heavy atom. The van der Waals surface area contributed by atoms with Crippen LogP contribution in [-0.4, -0.2) is 18.1 Å². The van der Waals surface area contributed by atoms with Crippen LogP contribution in [0.1, 0.15) is 10.9 Å². The van der Waals surface area contributed by atoms with Gasteiger partial charge in [-0.1, -0.05) is 6.07 Å². The van der Waals surface area contributed by atoms with Crippen LogP contribution in [0.3, 0.4) is 0 Å². The lowest BCUT2D eigenvalue weighted by atomic mass is 10.2. The van der Waals surface area contributed by atoms with Gasteiger partial charge in [0.1, 0.15) is 6.04 Å². The zero-order valence-corrected chi connectivity index (χ0v) is 6.89. The maximum absolute atomic E-state index is 10.6. The quantitative estimate of drug-likeness (QED) is 0.715. The van der Waals surface area contributed by atoms with Crippen LogP contribution < -0.4 is 5.32 Å². The van der Waals surface area contributed by atoms with E-state index in [0.29, 0.717) is 0 Å². The van der Waals surface area contributed by atoms with Crippen molar-refractivity contribution in [3.05, 3.63) is 22.4 Å². The van der Waals surface area contributed by atoms with Crippen molar-refractivity contribution in [1.29, 1.82) is 0 Å². The molecule has 0 radical (unpaired) electrons. The molecule has 0 aliphatic carbocycles. The first-order valence-electron chi connectivity index (χ1n) is 3.19. The van der Waals surface area contributed by atoms with Gasteiger partial charge in [-0.05, 0) is 18.5 Å². The van der Waals surface area contributed by atoms with Crippen LogP contribution in [0, 0.1) is 0 Å². The van der Waals surface area contributed by atoms with Crippen LogP contribution in [0.5, 0.6) is 0 Å². The number of aliphatic carboxylic acids is 1. The summed E-state index contributed by atoms with van der Waals surface area (Å²) in [7, 11) is 1.64. The van der Waals surface area contributed by atoms with Crippen molar-refractivity contribution in [3.63, 3.8) is 0 Å². The van der Waals surface area contributed by atoms with Crippen molar-refractivity contribution in [1.82, 2.24) is 5.32 Å². The van der Waals surface area contributed by atoms with Gasteiger partial charge in [0.05, 0.1) is 0 Å². The standard InChI is InChI=1S/C7H9NO2S/c1-8-6(7(9)10)5-3-2-4-11-5/h2-4,6,8H,1H3,(H,9,10)/t6-/m0/s1. The molecule has 0 aromatic carbocycles. The molecule has 1 atom stereocenters. The third-order valence-electron chi connectivity index (χ3n) is 1.36. The van der Waals surface area contributed by atoms with E-state index in [2.05, 4.69) is 5.32 Å². The number of nitrogens with one attached hydrogen (secondary N) is 1. The van der Waals surface area contributed by atoms with E-state index in [4.69, 9.17) is 5.11 Å². The molecule has 0 spiro atoms. The SMILES string of the molecule is CN[C@H](C(=O)O)c1cccs1. The maximum atomic E-state index is 10.6. The van der Waals surface area contributed by atoms with Gasteiger partial charge in [-0.25, -0.2) is 0 Å². The molecular weight excluding hydrogens is 162 g/mol. The molecule has 4 heteroatoms. The highest BCUT2D eigenvalue weighted by atomic mass is 32.1. The van der Waals surface area contributed by atoms with Crippen LogP contribution in [0.15, 0.2) is 17.5 Å². The fourth-order valence-electron chi connectivity index (χ4n) is 0.843. The third kappa shape index (κ3) is 1.78. The first-order valence-corrected chi connectivity index (χ1v) is 4.07. The van der Waals surface area contributed by atoms with Crippen LogP contribution in [0.4, 0.5) is 0 Å². The zero-order valence-electron chi connectivity index (χ0n) is 6.07. The van der Waals surface area contributed by atoms with Crippen LogP contribution in [-0.2, 0) is 4.79 Å². The average Bonchev–Trinajstić information content (AvgIpc) is 2.40. The lowest BCUT2D eigenvalue weighted by Gasteiger charge is -2.07. The highest BCUT2D eigenvalue weighted by molar-refractivity contribution is 7.10. The maximum Gasteiger partial charge on any atom is 0.326 e. The van der Waals surface area contributed by atoms with Gasteiger partial charge in [0.2, 0.25) is 0 Å². The number of thiophene rings is 1. The van der Waals surface area contributed by atoms with Crippen LogP contribution >= 0.6 is 11.3 Å². The molecule has 1 aromatic rings. The predicted molar refractivity (Wildman–Crippen MR) is 43.8 cm³/mol. The summed E-state index contributed by atoms with van der Waals surface area (Å²) in [4.78, 5) is 11.4. The summed E-state index contributed by atoms with van der Waals surface area (Å²) >= 11 is 1.44. The molecule has 0 saturated heterocycles. The Hall–Kier alpha value is -0.870. The molecule has 11 heavy (non-hydrogen) atoms. The normalized spacial score (nSPS) is 12.8. The van der Waals surface area contributed by atoms with E-state index in [0.717, 1.165) is 4.88 Å². The Morgan fingerprint density at radius 3 is 2.91 bits per heavy atom. The fraction of sp³-hybridized carbons (Fsp3) is 0.286. The number of hydrogen-bond acceptors (Lipinski definition) is 3. The topological polar surface area (TPSA) is 49.3 Å². The first kappa shape index (κ1) is 8.23. The minimum Gasteiger partial charge on any atom is -0.480 e. The molecule has 0 aliphatic heterocycles. The Morgan fingerprint density at radius 2 is 2.55 bits per heavy atom. The molecule has 3 nitrogen and oxygen atoms in total. The van der Waals surface area contributed by atoms with E-state index in [-0.39, 0.29) is 0 Å². The smallest absolute Gasteiger partial charge is 0.326 e. The third-order valence-corrected chi connectivity index (χ3v) is 2.30. The van der Waals surface area contributed by atoms with E-state index in [1.165, 1.54) is 11.3 Å². The summed E-state index contributed by atoms with van der Waals surface area (Å²) in [5, 5.41) is 13.3. The van der Waals surface area contributed by atoms with E-state index in [1.54, 1.807) is 13.1 Å². The van der Waals surface area contributed by atoms with Crippen LogP contribution in [0.2, 0.25) is 0 Å². The average molecular weight is 171 g/mol. The Labute approximate surface area is 68.7 Å². The minimum absolute atomic E-state index is 0.560. The molecule has 0 bridgehead atoms. The molecule has 0 saturated carbocycles. The highest BCUT2D eigenvalue weighted by Crippen LogP contribution is 2.18. The van der Waals surface area contributed by atoms with E-state index >= 15 is 0 Å². The van der Waals surface area contributed by atoms with E-state index in [9.17, 15) is 4.79 Å². The van der Waals surface area contributed by atoms with Gasteiger partial charge in [0.25, 0.3) is 0 Å². The number of likely N-dealkylation sites (N-methyl/N-ethyl adjacent to an activating group) is 1. The molecule has 1 aromatic heterocycles. The molecule has 1 heterocycles. The van der Waals surface area contributed by atoms with Gasteiger partial charge in [-0.3, -0.25) is 4.79 Å². The van der Waals surface area contributed by atoms with Gasteiger partial charge in [-0.2, -0.15) is 0 Å². The summed E-state index contributed by atoms with van der Waals surface area (Å²) in [5.74, 6) is -0.838. The van der Waals surface area contributed by atoms with Crippen molar-refractivity contribution >= 4 is 17.3 Å². The van der Waals surface area contributed by atoms with Crippen molar-refractivity contribution < 1.29 is 9.90 Å². The van der Waals surface area contributed by atoms with Crippen molar-refractivity contribution in [2.24, 2.45) is 0 Å². The second kappa shape index (κ2) is 3.50. The monoisotopic (exact) mass is 171 g/mol. The first-order chi connectivity index (χ1) is 5.25. The second-order valence-electron chi connectivity index (χ2n) is 2.08. The van der Waals surface area contributed by atoms with Crippen LogP contribution in [0.25, 0.3) is 0 Å². The zero-order chi connectivity index (χ0) is 8.27. The Bertz CT molecular complexity index is 233. The number of rotatable bonds is 3. The molecule has 2 N–H and O–H groups in total.